The van der Waals surface area contributed by atoms with Crippen LogP contribution in [0.25, 0.3) is 0 Å². The molecule has 6 heteroatoms. The Labute approximate surface area is 130 Å². The smallest absolute Gasteiger partial charge is 0.329 e. The molecule has 1 rings (SSSR count). The van der Waals surface area contributed by atoms with Gasteiger partial charge in [0.05, 0.1) is 26.4 Å². The van der Waals surface area contributed by atoms with Crippen LogP contribution < -0.4 is 4.74 Å². The first kappa shape index (κ1) is 20.1. The number of carbonyl (C=O) groups excluding carboxylic acids is 1. The van der Waals surface area contributed by atoms with Crippen LogP contribution in [0, 0.1) is 0 Å². The number of hydrogen-bond donors (Lipinski definition) is 2. The maximum Gasteiger partial charge on any atom is 0.329 e. The normalized spacial score (nSPS) is 12.4. The molecule has 1 aromatic carbocycles. The molecule has 0 spiro atoms. The maximum atomic E-state index is 9.84. The number of esters is 1. The molecule has 0 saturated carbocycles. The second kappa shape index (κ2) is 12.8. The third kappa shape index (κ3) is 10.8. The van der Waals surface area contributed by atoms with Crippen LogP contribution in [0.4, 0.5) is 0 Å². The van der Waals surface area contributed by atoms with E-state index in [4.69, 9.17) is 14.6 Å². The Balaban J connectivity index is 0.000000626. The SMILES string of the molecule is C=CC(=O)OC.CC(CO)OCC(O)COc1ccccc1. The largest absolute Gasteiger partial charge is 0.491 e. The zero-order valence-corrected chi connectivity index (χ0v) is 13.0. The topological polar surface area (TPSA) is 85.2 Å². The summed E-state index contributed by atoms with van der Waals surface area (Å²) in [7, 11) is 1.31. The maximum absolute atomic E-state index is 9.84. The van der Waals surface area contributed by atoms with Crippen LogP contribution in [0.2, 0.25) is 0 Å². The number of methoxy groups -OCH3 is 1. The third-order valence-corrected chi connectivity index (χ3v) is 2.38. The van der Waals surface area contributed by atoms with Gasteiger partial charge < -0.3 is 24.4 Å². The molecular formula is C16H24O6. The molecule has 0 bridgehead atoms. The molecule has 0 aliphatic carbocycles. The first-order valence-corrected chi connectivity index (χ1v) is 6.82. The minimum atomic E-state index is -0.686. The minimum Gasteiger partial charge on any atom is -0.491 e. The fourth-order valence-corrected chi connectivity index (χ4v) is 1.17. The Kier molecular flexibility index (Phi) is 11.7. The van der Waals surface area contributed by atoms with E-state index in [2.05, 4.69) is 11.3 Å². The molecule has 2 N–H and O–H groups in total. The summed E-state index contributed by atoms with van der Waals surface area (Å²) in [6, 6.07) is 9.28. The molecule has 1 aromatic rings. The Morgan fingerprint density at radius 2 is 1.95 bits per heavy atom. The molecule has 0 aromatic heterocycles. The molecule has 124 valence electrons. The summed E-state index contributed by atoms with van der Waals surface area (Å²) in [4.78, 5) is 9.84. The molecule has 0 aliphatic heterocycles. The Morgan fingerprint density at radius 1 is 1.32 bits per heavy atom. The van der Waals surface area contributed by atoms with E-state index in [1.165, 1.54) is 7.11 Å². The predicted molar refractivity (Wildman–Crippen MR) is 82.7 cm³/mol. The van der Waals surface area contributed by atoms with Gasteiger partial charge in [-0.3, -0.25) is 0 Å². The summed E-state index contributed by atoms with van der Waals surface area (Å²) >= 11 is 0. The lowest BCUT2D eigenvalue weighted by molar-refractivity contribution is -0.134. The van der Waals surface area contributed by atoms with E-state index in [1.54, 1.807) is 6.92 Å². The first-order chi connectivity index (χ1) is 10.5. The number of para-hydroxylation sites is 1. The average molecular weight is 312 g/mol. The number of ether oxygens (including phenoxy) is 3. The van der Waals surface area contributed by atoms with Crippen molar-refractivity contribution >= 4 is 5.97 Å². The second-order valence-corrected chi connectivity index (χ2v) is 4.33. The first-order valence-electron chi connectivity index (χ1n) is 6.82. The van der Waals surface area contributed by atoms with Crippen LogP contribution in [0.15, 0.2) is 43.0 Å². The number of aliphatic hydroxyl groups excluding tert-OH is 2. The number of hydrogen-bond acceptors (Lipinski definition) is 6. The van der Waals surface area contributed by atoms with Crippen LogP contribution in [-0.2, 0) is 14.3 Å². The highest BCUT2D eigenvalue weighted by molar-refractivity contribution is 5.80. The molecular weight excluding hydrogens is 288 g/mol. The fourth-order valence-electron chi connectivity index (χ4n) is 1.17. The number of benzene rings is 1. The summed E-state index contributed by atoms with van der Waals surface area (Å²) in [5.74, 6) is 0.326. The van der Waals surface area contributed by atoms with Crippen LogP contribution in [0.3, 0.4) is 0 Å². The fraction of sp³-hybridized carbons (Fsp3) is 0.438. The highest BCUT2D eigenvalue weighted by Gasteiger charge is 2.08. The molecule has 0 saturated heterocycles. The van der Waals surface area contributed by atoms with Crippen molar-refractivity contribution in [3.05, 3.63) is 43.0 Å². The molecule has 2 unspecified atom stereocenters. The van der Waals surface area contributed by atoms with E-state index in [1.807, 2.05) is 30.3 Å². The van der Waals surface area contributed by atoms with Gasteiger partial charge in [0.15, 0.2) is 0 Å². The molecule has 0 radical (unpaired) electrons. The van der Waals surface area contributed by atoms with Crippen molar-refractivity contribution in [1.82, 2.24) is 0 Å². The zero-order chi connectivity index (χ0) is 16.8. The lowest BCUT2D eigenvalue weighted by atomic mass is 10.3. The van der Waals surface area contributed by atoms with Gasteiger partial charge in [-0.05, 0) is 19.1 Å². The monoisotopic (exact) mass is 312 g/mol. The summed E-state index contributed by atoms with van der Waals surface area (Å²) in [6.07, 6.45) is 0.167. The van der Waals surface area contributed by atoms with E-state index < -0.39 is 12.1 Å². The highest BCUT2D eigenvalue weighted by atomic mass is 16.5. The van der Waals surface area contributed by atoms with Crippen molar-refractivity contribution in [2.75, 3.05) is 26.9 Å². The number of rotatable bonds is 8. The number of carbonyl (C=O) groups is 1. The quantitative estimate of drug-likeness (QED) is 0.554. The van der Waals surface area contributed by atoms with E-state index in [-0.39, 0.29) is 25.9 Å². The zero-order valence-electron chi connectivity index (χ0n) is 13.0. The van der Waals surface area contributed by atoms with E-state index in [0.29, 0.717) is 0 Å². The van der Waals surface area contributed by atoms with Gasteiger partial charge in [-0.2, -0.15) is 0 Å². The van der Waals surface area contributed by atoms with Gasteiger partial charge in [0.1, 0.15) is 18.5 Å². The Hall–Kier alpha value is -1.89. The van der Waals surface area contributed by atoms with Gasteiger partial charge in [-0.1, -0.05) is 24.8 Å². The second-order valence-electron chi connectivity index (χ2n) is 4.33. The van der Waals surface area contributed by atoms with Crippen molar-refractivity contribution in [2.24, 2.45) is 0 Å². The average Bonchev–Trinajstić information content (AvgIpc) is 2.58. The third-order valence-electron chi connectivity index (χ3n) is 2.38. The molecule has 6 nitrogen and oxygen atoms in total. The van der Waals surface area contributed by atoms with Crippen LogP contribution >= 0.6 is 0 Å². The molecule has 0 fully saturated rings. The van der Waals surface area contributed by atoms with E-state index >= 15 is 0 Å². The van der Waals surface area contributed by atoms with Crippen molar-refractivity contribution in [1.29, 1.82) is 0 Å². The van der Waals surface area contributed by atoms with Gasteiger partial charge in [0.2, 0.25) is 0 Å². The van der Waals surface area contributed by atoms with Crippen molar-refractivity contribution in [3.8, 4) is 5.75 Å². The van der Waals surface area contributed by atoms with Gasteiger partial charge in [0, 0.05) is 6.08 Å². The van der Waals surface area contributed by atoms with Gasteiger partial charge in [-0.25, -0.2) is 4.79 Å². The Bertz CT molecular complexity index is 406. The summed E-state index contributed by atoms with van der Waals surface area (Å²) < 4.78 is 14.6. The summed E-state index contributed by atoms with van der Waals surface area (Å²) in [5.41, 5.74) is 0. The summed E-state index contributed by atoms with van der Waals surface area (Å²) in [5, 5.41) is 18.2. The Morgan fingerprint density at radius 3 is 2.41 bits per heavy atom. The number of aliphatic hydroxyl groups is 2. The van der Waals surface area contributed by atoms with E-state index in [0.717, 1.165) is 11.8 Å². The summed E-state index contributed by atoms with van der Waals surface area (Å²) in [6.45, 7) is 5.19. The van der Waals surface area contributed by atoms with Crippen LogP contribution in [-0.4, -0.2) is 55.3 Å². The highest BCUT2D eigenvalue weighted by Crippen LogP contribution is 2.08. The van der Waals surface area contributed by atoms with Crippen molar-refractivity contribution in [2.45, 2.75) is 19.1 Å². The molecule has 22 heavy (non-hydrogen) atoms. The molecule has 0 aliphatic rings. The molecule has 2 atom stereocenters. The van der Waals surface area contributed by atoms with Crippen LogP contribution in [0.5, 0.6) is 5.75 Å². The van der Waals surface area contributed by atoms with Crippen molar-refractivity contribution < 1.29 is 29.2 Å². The predicted octanol–water partition coefficient (Wildman–Crippen LogP) is 1.17. The van der Waals surface area contributed by atoms with E-state index in [9.17, 15) is 9.90 Å². The van der Waals surface area contributed by atoms with Crippen molar-refractivity contribution in [3.63, 3.8) is 0 Å². The van der Waals surface area contributed by atoms with Gasteiger partial charge in [-0.15, -0.1) is 0 Å². The van der Waals surface area contributed by atoms with Gasteiger partial charge >= 0.3 is 5.97 Å². The lowest BCUT2D eigenvalue weighted by Gasteiger charge is -2.15. The molecule has 0 heterocycles. The van der Waals surface area contributed by atoms with Gasteiger partial charge in [0.25, 0.3) is 0 Å². The minimum absolute atomic E-state index is 0.0493. The molecule has 0 amide bonds. The van der Waals surface area contributed by atoms with Crippen LogP contribution in [0.1, 0.15) is 6.92 Å². The standard InChI is InChI=1S/C12H18O4.C4H6O2/c1-10(7-13)15-8-11(14)9-16-12-5-3-2-4-6-12;1-3-4(5)6-2/h2-6,10-11,13-14H,7-9H2,1H3;3H,1H2,2H3. The lowest BCUT2D eigenvalue weighted by Crippen LogP contribution is -2.27.